The zero-order valence-electron chi connectivity index (χ0n) is 12.4. The van der Waals surface area contributed by atoms with Crippen molar-refractivity contribution in [1.29, 1.82) is 0 Å². The monoisotopic (exact) mass is 311 g/mol. The van der Waals surface area contributed by atoms with Gasteiger partial charge in [-0.2, -0.15) is 4.31 Å². The van der Waals surface area contributed by atoms with E-state index in [1.165, 1.54) is 25.5 Å². The molecule has 1 aromatic heterocycles. The molecule has 116 valence electrons. The minimum Gasteiger partial charge on any atom is -0.339 e. The SMILES string of the molecule is C[C@@H]1CCCCN1C(=O)CN(C)S(=O)(=O)c1cccnc1. The minimum atomic E-state index is -3.67. The van der Waals surface area contributed by atoms with E-state index in [-0.39, 0.29) is 23.4 Å². The van der Waals surface area contributed by atoms with Crippen molar-refractivity contribution in [3.05, 3.63) is 24.5 Å². The van der Waals surface area contributed by atoms with E-state index in [9.17, 15) is 13.2 Å². The first kappa shape index (κ1) is 15.9. The molecule has 0 aliphatic carbocycles. The highest BCUT2D eigenvalue weighted by Gasteiger charge is 2.28. The predicted octanol–water partition coefficient (Wildman–Crippen LogP) is 1.10. The molecule has 0 spiro atoms. The number of carbonyl (C=O) groups is 1. The summed E-state index contributed by atoms with van der Waals surface area (Å²) >= 11 is 0. The zero-order chi connectivity index (χ0) is 15.5. The highest BCUT2D eigenvalue weighted by atomic mass is 32.2. The molecule has 1 amide bonds. The molecule has 0 aromatic carbocycles. The second-order valence-electron chi connectivity index (χ2n) is 5.38. The summed E-state index contributed by atoms with van der Waals surface area (Å²) < 4.78 is 25.8. The third-order valence-corrected chi connectivity index (χ3v) is 5.61. The van der Waals surface area contributed by atoms with Crippen LogP contribution in [0.5, 0.6) is 0 Å². The third-order valence-electron chi connectivity index (χ3n) is 3.82. The molecule has 1 saturated heterocycles. The van der Waals surface area contributed by atoms with Crippen LogP contribution in [0.3, 0.4) is 0 Å². The van der Waals surface area contributed by atoms with Gasteiger partial charge in [-0.3, -0.25) is 9.78 Å². The summed E-state index contributed by atoms with van der Waals surface area (Å²) in [6.07, 6.45) is 5.88. The molecule has 0 radical (unpaired) electrons. The van der Waals surface area contributed by atoms with Gasteiger partial charge in [0.15, 0.2) is 0 Å². The van der Waals surface area contributed by atoms with Gasteiger partial charge in [-0.25, -0.2) is 8.42 Å². The lowest BCUT2D eigenvalue weighted by Crippen LogP contribution is -2.47. The van der Waals surface area contributed by atoms with Crippen LogP contribution in [0.15, 0.2) is 29.4 Å². The van der Waals surface area contributed by atoms with E-state index in [4.69, 9.17) is 0 Å². The number of likely N-dealkylation sites (N-methyl/N-ethyl adjacent to an activating group) is 1. The van der Waals surface area contributed by atoms with Gasteiger partial charge in [0.1, 0.15) is 4.90 Å². The molecule has 21 heavy (non-hydrogen) atoms. The van der Waals surface area contributed by atoms with Crippen LogP contribution >= 0.6 is 0 Å². The number of rotatable bonds is 4. The Hall–Kier alpha value is -1.47. The van der Waals surface area contributed by atoms with E-state index in [0.717, 1.165) is 23.6 Å². The first-order chi connectivity index (χ1) is 9.93. The van der Waals surface area contributed by atoms with Gasteiger partial charge in [0.2, 0.25) is 15.9 Å². The third kappa shape index (κ3) is 3.59. The fourth-order valence-corrected chi connectivity index (χ4v) is 3.60. The molecule has 7 heteroatoms. The topological polar surface area (TPSA) is 70.6 Å². The average Bonchev–Trinajstić information content (AvgIpc) is 2.48. The number of nitrogens with zero attached hydrogens (tertiary/aromatic N) is 3. The largest absolute Gasteiger partial charge is 0.339 e. The highest BCUT2D eigenvalue weighted by molar-refractivity contribution is 7.89. The Morgan fingerprint density at radius 2 is 2.24 bits per heavy atom. The first-order valence-corrected chi connectivity index (χ1v) is 8.53. The van der Waals surface area contributed by atoms with E-state index in [1.807, 2.05) is 6.92 Å². The summed E-state index contributed by atoms with van der Waals surface area (Å²) in [6.45, 7) is 2.58. The summed E-state index contributed by atoms with van der Waals surface area (Å²) in [4.78, 5) is 18.0. The van der Waals surface area contributed by atoms with Gasteiger partial charge >= 0.3 is 0 Å². The van der Waals surface area contributed by atoms with Gasteiger partial charge in [-0.1, -0.05) is 0 Å². The van der Waals surface area contributed by atoms with E-state index in [0.29, 0.717) is 6.54 Å². The lowest BCUT2D eigenvalue weighted by atomic mass is 10.0. The zero-order valence-corrected chi connectivity index (χ0v) is 13.2. The van der Waals surface area contributed by atoms with Crippen LogP contribution in [0.1, 0.15) is 26.2 Å². The Kier molecular flexibility index (Phi) is 4.95. The van der Waals surface area contributed by atoms with Crippen LogP contribution in [0.4, 0.5) is 0 Å². The second kappa shape index (κ2) is 6.53. The molecule has 0 bridgehead atoms. The number of carbonyl (C=O) groups excluding carboxylic acids is 1. The van der Waals surface area contributed by atoms with Crippen molar-refractivity contribution in [3.8, 4) is 0 Å². The number of pyridine rings is 1. The molecule has 2 rings (SSSR count). The van der Waals surface area contributed by atoms with E-state index < -0.39 is 10.0 Å². The Morgan fingerprint density at radius 3 is 2.86 bits per heavy atom. The highest BCUT2D eigenvalue weighted by Crippen LogP contribution is 2.18. The number of likely N-dealkylation sites (tertiary alicyclic amines) is 1. The number of aromatic nitrogens is 1. The standard InChI is InChI=1S/C14H21N3O3S/c1-12-6-3-4-9-17(12)14(18)11-16(2)21(19,20)13-7-5-8-15-10-13/h5,7-8,10,12H,3-4,6,9,11H2,1-2H3/t12-/m1/s1. The minimum absolute atomic E-state index is 0.104. The van der Waals surface area contributed by atoms with Gasteiger partial charge in [0.05, 0.1) is 6.54 Å². The maximum Gasteiger partial charge on any atom is 0.244 e. The molecule has 2 heterocycles. The molecule has 0 unspecified atom stereocenters. The summed E-state index contributed by atoms with van der Waals surface area (Å²) in [5.41, 5.74) is 0. The average molecular weight is 311 g/mol. The van der Waals surface area contributed by atoms with Gasteiger partial charge in [-0.05, 0) is 38.3 Å². The Labute approximate surface area is 125 Å². The summed E-state index contributed by atoms with van der Waals surface area (Å²) in [5, 5.41) is 0. The molecule has 1 aliphatic rings. The van der Waals surface area contributed by atoms with Crippen LogP contribution in [0, 0.1) is 0 Å². The number of hydrogen-bond acceptors (Lipinski definition) is 4. The molecular weight excluding hydrogens is 290 g/mol. The Balaban J connectivity index is 2.07. The van der Waals surface area contributed by atoms with Crippen molar-refractivity contribution in [2.24, 2.45) is 0 Å². The van der Waals surface area contributed by atoms with Crippen molar-refractivity contribution in [2.75, 3.05) is 20.1 Å². The number of amides is 1. The fraction of sp³-hybridized carbons (Fsp3) is 0.571. The lowest BCUT2D eigenvalue weighted by molar-refractivity contribution is -0.134. The molecule has 0 N–H and O–H groups in total. The Bertz CT molecular complexity index is 589. The molecule has 0 saturated carbocycles. The summed E-state index contributed by atoms with van der Waals surface area (Å²) in [6, 6.07) is 3.22. The van der Waals surface area contributed by atoms with E-state index in [2.05, 4.69) is 4.98 Å². The van der Waals surface area contributed by atoms with Gasteiger partial charge < -0.3 is 4.90 Å². The predicted molar refractivity (Wildman–Crippen MR) is 79.1 cm³/mol. The van der Waals surface area contributed by atoms with Crippen molar-refractivity contribution >= 4 is 15.9 Å². The van der Waals surface area contributed by atoms with Crippen LogP contribution in [-0.2, 0) is 14.8 Å². The normalized spacial score (nSPS) is 19.8. The maximum absolute atomic E-state index is 12.3. The smallest absolute Gasteiger partial charge is 0.244 e. The molecular formula is C14H21N3O3S. The second-order valence-corrected chi connectivity index (χ2v) is 7.43. The fourth-order valence-electron chi connectivity index (χ4n) is 2.51. The maximum atomic E-state index is 12.3. The van der Waals surface area contributed by atoms with Crippen LogP contribution in [0.25, 0.3) is 0 Å². The first-order valence-electron chi connectivity index (χ1n) is 7.09. The van der Waals surface area contributed by atoms with Crippen LogP contribution < -0.4 is 0 Å². The van der Waals surface area contributed by atoms with Gasteiger partial charge in [0, 0.05) is 32.0 Å². The number of piperidine rings is 1. The van der Waals surface area contributed by atoms with Crippen molar-refractivity contribution in [3.63, 3.8) is 0 Å². The summed E-state index contributed by atoms with van der Waals surface area (Å²) in [5.74, 6) is -0.142. The van der Waals surface area contributed by atoms with Gasteiger partial charge in [0.25, 0.3) is 0 Å². The van der Waals surface area contributed by atoms with Crippen LogP contribution in [-0.4, -0.2) is 54.7 Å². The van der Waals surface area contributed by atoms with E-state index in [1.54, 1.807) is 11.0 Å². The number of sulfonamides is 1. The van der Waals surface area contributed by atoms with Crippen molar-refractivity contribution < 1.29 is 13.2 Å². The number of hydrogen-bond donors (Lipinski definition) is 0. The lowest BCUT2D eigenvalue weighted by Gasteiger charge is -2.34. The Morgan fingerprint density at radius 1 is 1.48 bits per heavy atom. The summed E-state index contributed by atoms with van der Waals surface area (Å²) in [7, 11) is -2.24. The van der Waals surface area contributed by atoms with Crippen molar-refractivity contribution in [2.45, 2.75) is 37.1 Å². The van der Waals surface area contributed by atoms with Crippen LogP contribution in [0.2, 0.25) is 0 Å². The molecule has 6 nitrogen and oxygen atoms in total. The molecule has 1 aromatic rings. The van der Waals surface area contributed by atoms with E-state index >= 15 is 0 Å². The quantitative estimate of drug-likeness (QED) is 0.835. The van der Waals surface area contributed by atoms with Crippen molar-refractivity contribution in [1.82, 2.24) is 14.2 Å². The molecule has 1 fully saturated rings. The molecule has 1 atom stereocenters. The van der Waals surface area contributed by atoms with Gasteiger partial charge in [-0.15, -0.1) is 0 Å². The molecule has 1 aliphatic heterocycles.